The third-order valence-corrected chi connectivity index (χ3v) is 4.42. The SMILES string of the molecule is COC1CCC1N1NCC=C1Nc1cccn(C(C)C)c1=O. The van der Waals surface area contributed by atoms with Crippen molar-refractivity contribution in [3.05, 3.63) is 40.6 Å². The minimum absolute atomic E-state index is 0.00199. The van der Waals surface area contributed by atoms with Gasteiger partial charge in [-0.1, -0.05) is 0 Å². The van der Waals surface area contributed by atoms with Gasteiger partial charge < -0.3 is 14.6 Å². The van der Waals surface area contributed by atoms with Crippen LogP contribution in [0.2, 0.25) is 0 Å². The summed E-state index contributed by atoms with van der Waals surface area (Å²) in [5, 5.41) is 5.38. The van der Waals surface area contributed by atoms with Crippen molar-refractivity contribution in [1.82, 2.24) is 15.0 Å². The second kappa shape index (κ2) is 6.14. The van der Waals surface area contributed by atoms with Crippen molar-refractivity contribution in [1.29, 1.82) is 0 Å². The molecule has 0 aromatic carbocycles. The first kappa shape index (κ1) is 15.1. The van der Waals surface area contributed by atoms with Gasteiger partial charge in [-0.25, -0.2) is 5.43 Å². The number of hydrogen-bond acceptors (Lipinski definition) is 5. The number of anilines is 1. The van der Waals surface area contributed by atoms with E-state index in [1.54, 1.807) is 11.7 Å². The van der Waals surface area contributed by atoms with Gasteiger partial charge >= 0.3 is 0 Å². The molecule has 2 unspecified atom stereocenters. The van der Waals surface area contributed by atoms with Crippen molar-refractivity contribution >= 4 is 5.69 Å². The van der Waals surface area contributed by atoms with E-state index in [2.05, 4.69) is 21.8 Å². The number of nitrogens with one attached hydrogen (secondary N) is 2. The molecule has 0 bridgehead atoms. The molecule has 0 saturated heterocycles. The predicted octanol–water partition coefficient (Wildman–Crippen LogP) is 1.68. The summed E-state index contributed by atoms with van der Waals surface area (Å²) >= 11 is 0. The number of methoxy groups -OCH3 is 1. The summed E-state index contributed by atoms with van der Waals surface area (Å²) in [4.78, 5) is 12.5. The highest BCUT2D eigenvalue weighted by atomic mass is 16.5. The molecular formula is C16H24N4O2. The Morgan fingerprint density at radius 2 is 2.23 bits per heavy atom. The van der Waals surface area contributed by atoms with Gasteiger partial charge in [-0.15, -0.1) is 0 Å². The molecule has 2 heterocycles. The summed E-state index contributed by atoms with van der Waals surface area (Å²) in [6.07, 6.45) is 6.31. The zero-order chi connectivity index (χ0) is 15.7. The standard InChI is InChI=1S/C16H24N4O2/c1-11(2)19-10-4-5-12(16(19)21)18-15-8-9-17-20(15)13-6-7-14(13)22-3/h4-5,8,10-11,13-14,17-18H,6-7,9H2,1-3H3. The third-order valence-electron chi connectivity index (χ3n) is 4.42. The van der Waals surface area contributed by atoms with E-state index in [4.69, 9.17) is 4.74 Å². The molecule has 0 radical (unpaired) electrons. The fourth-order valence-corrected chi connectivity index (χ4v) is 3.00. The van der Waals surface area contributed by atoms with E-state index in [9.17, 15) is 4.79 Å². The van der Waals surface area contributed by atoms with E-state index in [1.807, 2.05) is 32.2 Å². The lowest BCUT2D eigenvalue weighted by Gasteiger charge is -2.43. The normalized spacial score (nSPS) is 24.4. The first-order valence-electron chi connectivity index (χ1n) is 7.85. The first-order chi connectivity index (χ1) is 10.6. The van der Waals surface area contributed by atoms with E-state index in [-0.39, 0.29) is 17.7 Å². The van der Waals surface area contributed by atoms with Gasteiger partial charge in [0.15, 0.2) is 0 Å². The molecule has 1 aromatic heterocycles. The Bertz CT molecular complexity index is 621. The quantitative estimate of drug-likeness (QED) is 0.867. The summed E-state index contributed by atoms with van der Waals surface area (Å²) in [6.45, 7) is 4.78. The second-order valence-electron chi connectivity index (χ2n) is 6.09. The van der Waals surface area contributed by atoms with Crippen molar-refractivity contribution < 1.29 is 4.74 Å². The monoisotopic (exact) mass is 304 g/mol. The van der Waals surface area contributed by atoms with Gasteiger partial charge in [0.05, 0.1) is 12.1 Å². The number of hydrogen-bond donors (Lipinski definition) is 2. The molecule has 22 heavy (non-hydrogen) atoms. The molecule has 3 rings (SSSR count). The molecule has 6 heteroatoms. The van der Waals surface area contributed by atoms with Crippen LogP contribution in [0, 0.1) is 0 Å². The summed E-state index contributed by atoms with van der Waals surface area (Å²) in [5.41, 5.74) is 3.94. The molecule has 1 fully saturated rings. The van der Waals surface area contributed by atoms with Gasteiger partial charge in [0.2, 0.25) is 0 Å². The smallest absolute Gasteiger partial charge is 0.274 e. The molecule has 2 atom stereocenters. The molecule has 1 aromatic rings. The lowest BCUT2D eigenvalue weighted by molar-refractivity contribution is -0.0479. The van der Waals surface area contributed by atoms with Gasteiger partial charge in [-0.05, 0) is 44.9 Å². The van der Waals surface area contributed by atoms with Crippen LogP contribution in [0.5, 0.6) is 0 Å². The minimum atomic E-state index is 0.00199. The highest BCUT2D eigenvalue weighted by molar-refractivity contribution is 5.46. The number of pyridine rings is 1. The largest absolute Gasteiger partial charge is 0.379 e. The molecule has 2 N–H and O–H groups in total. The number of rotatable bonds is 5. The molecular weight excluding hydrogens is 280 g/mol. The highest BCUT2D eigenvalue weighted by Gasteiger charge is 2.38. The Kier molecular flexibility index (Phi) is 4.22. The predicted molar refractivity (Wildman–Crippen MR) is 86.5 cm³/mol. The average molecular weight is 304 g/mol. The maximum Gasteiger partial charge on any atom is 0.274 e. The Morgan fingerprint density at radius 3 is 2.86 bits per heavy atom. The fourth-order valence-electron chi connectivity index (χ4n) is 3.00. The Morgan fingerprint density at radius 1 is 1.41 bits per heavy atom. The van der Waals surface area contributed by atoms with Crippen LogP contribution in [0.25, 0.3) is 0 Å². The molecule has 1 aliphatic heterocycles. The first-order valence-corrected chi connectivity index (χ1v) is 7.85. The Balaban J connectivity index is 1.78. The van der Waals surface area contributed by atoms with Gasteiger partial charge in [-0.3, -0.25) is 9.80 Å². The van der Waals surface area contributed by atoms with Gasteiger partial charge in [0.1, 0.15) is 11.5 Å². The summed E-state index contributed by atoms with van der Waals surface area (Å²) in [5.74, 6) is 0.936. The molecule has 1 aliphatic carbocycles. The number of nitrogens with zero attached hydrogens (tertiary/aromatic N) is 2. The third kappa shape index (κ3) is 2.64. The van der Waals surface area contributed by atoms with Crippen LogP contribution in [0.3, 0.4) is 0 Å². The van der Waals surface area contributed by atoms with E-state index >= 15 is 0 Å². The van der Waals surface area contributed by atoms with Crippen LogP contribution in [0.1, 0.15) is 32.7 Å². The van der Waals surface area contributed by atoms with Gasteiger partial charge in [-0.2, -0.15) is 0 Å². The minimum Gasteiger partial charge on any atom is -0.379 e. The summed E-state index contributed by atoms with van der Waals surface area (Å²) in [7, 11) is 1.75. The van der Waals surface area contributed by atoms with Crippen molar-refractivity contribution in [2.24, 2.45) is 0 Å². The van der Waals surface area contributed by atoms with Crippen molar-refractivity contribution in [3.63, 3.8) is 0 Å². The molecule has 0 amide bonds. The maximum absolute atomic E-state index is 12.5. The van der Waals surface area contributed by atoms with Crippen LogP contribution in [-0.4, -0.2) is 35.4 Å². The average Bonchev–Trinajstić information content (AvgIpc) is 2.88. The van der Waals surface area contributed by atoms with Gasteiger partial charge in [0, 0.05) is 25.9 Å². The molecule has 2 aliphatic rings. The van der Waals surface area contributed by atoms with Crippen molar-refractivity contribution in [3.8, 4) is 0 Å². The van der Waals surface area contributed by atoms with Crippen LogP contribution in [0.4, 0.5) is 5.69 Å². The van der Waals surface area contributed by atoms with Crippen molar-refractivity contribution in [2.45, 2.75) is 44.9 Å². The highest BCUT2D eigenvalue weighted by Crippen LogP contribution is 2.30. The lowest BCUT2D eigenvalue weighted by atomic mass is 9.88. The van der Waals surface area contributed by atoms with Crippen LogP contribution < -0.4 is 16.3 Å². The zero-order valence-corrected chi connectivity index (χ0v) is 13.4. The van der Waals surface area contributed by atoms with Crippen molar-refractivity contribution in [2.75, 3.05) is 19.0 Å². The van der Waals surface area contributed by atoms with E-state index < -0.39 is 0 Å². The number of hydrazine groups is 1. The van der Waals surface area contributed by atoms with E-state index in [0.29, 0.717) is 11.7 Å². The Labute approximate surface area is 130 Å². The summed E-state index contributed by atoms with van der Waals surface area (Å²) in [6, 6.07) is 4.19. The Hall–Kier alpha value is -1.79. The number of ether oxygens (including phenoxy) is 1. The molecule has 120 valence electrons. The topological polar surface area (TPSA) is 58.5 Å². The van der Waals surface area contributed by atoms with Crippen LogP contribution in [-0.2, 0) is 4.74 Å². The maximum atomic E-state index is 12.5. The number of aromatic nitrogens is 1. The zero-order valence-electron chi connectivity index (χ0n) is 13.4. The van der Waals surface area contributed by atoms with E-state index in [1.165, 1.54) is 0 Å². The van der Waals surface area contributed by atoms with Crippen LogP contribution >= 0.6 is 0 Å². The summed E-state index contributed by atoms with van der Waals surface area (Å²) < 4.78 is 7.21. The molecule has 6 nitrogen and oxygen atoms in total. The van der Waals surface area contributed by atoms with Gasteiger partial charge in [0.25, 0.3) is 5.56 Å². The van der Waals surface area contributed by atoms with Crippen LogP contribution in [0.15, 0.2) is 35.0 Å². The lowest BCUT2D eigenvalue weighted by Crippen LogP contribution is -2.55. The molecule has 1 saturated carbocycles. The molecule has 0 spiro atoms. The second-order valence-corrected chi connectivity index (χ2v) is 6.09. The van der Waals surface area contributed by atoms with E-state index in [0.717, 1.165) is 25.2 Å². The fraction of sp³-hybridized carbons (Fsp3) is 0.562.